The van der Waals surface area contributed by atoms with Crippen molar-refractivity contribution in [1.29, 1.82) is 0 Å². The standard InChI is InChI=1S/C13H17ClF2N2O3S.ClH/c14-11-7-10(1-2-12(11)21-13(15)16)22(19,20)18-5-3-9(8-17)4-6-18;/h1-2,7,9,13H,3-6,8,17H2;1H. The maximum Gasteiger partial charge on any atom is 0.387 e. The Labute approximate surface area is 145 Å². The monoisotopic (exact) mass is 390 g/mol. The molecule has 0 radical (unpaired) electrons. The molecule has 132 valence electrons. The summed E-state index contributed by atoms with van der Waals surface area (Å²) in [4.78, 5) is -0.0367. The van der Waals surface area contributed by atoms with Gasteiger partial charge < -0.3 is 10.5 Å². The highest BCUT2D eigenvalue weighted by atomic mass is 35.5. The van der Waals surface area contributed by atoms with E-state index in [1.165, 1.54) is 10.4 Å². The van der Waals surface area contributed by atoms with E-state index in [1.54, 1.807) is 0 Å². The van der Waals surface area contributed by atoms with E-state index >= 15 is 0 Å². The molecule has 1 aliphatic heterocycles. The number of benzene rings is 1. The van der Waals surface area contributed by atoms with Gasteiger partial charge in [-0.05, 0) is 43.5 Å². The van der Waals surface area contributed by atoms with Crippen LogP contribution in [0.5, 0.6) is 5.75 Å². The highest BCUT2D eigenvalue weighted by Crippen LogP contribution is 2.31. The molecular weight excluding hydrogens is 373 g/mol. The number of halogens is 4. The molecule has 0 bridgehead atoms. The Balaban J connectivity index is 0.00000264. The molecule has 2 N–H and O–H groups in total. The second-order valence-corrected chi connectivity index (χ2v) is 7.40. The van der Waals surface area contributed by atoms with Crippen molar-refractivity contribution in [2.45, 2.75) is 24.3 Å². The van der Waals surface area contributed by atoms with Gasteiger partial charge in [-0.1, -0.05) is 11.6 Å². The van der Waals surface area contributed by atoms with Gasteiger partial charge in [0.1, 0.15) is 5.75 Å². The molecule has 0 saturated carbocycles. The number of ether oxygens (including phenoxy) is 1. The predicted molar refractivity (Wildman–Crippen MR) is 85.9 cm³/mol. The first-order chi connectivity index (χ1) is 10.3. The van der Waals surface area contributed by atoms with Crippen LogP contribution in [0.4, 0.5) is 8.78 Å². The molecule has 0 unspecified atom stereocenters. The summed E-state index contributed by atoms with van der Waals surface area (Å²) in [5, 5.41) is -0.168. The van der Waals surface area contributed by atoms with Crippen LogP contribution in [0, 0.1) is 5.92 Å². The van der Waals surface area contributed by atoms with Crippen molar-refractivity contribution < 1.29 is 21.9 Å². The first-order valence-electron chi connectivity index (χ1n) is 6.79. The second-order valence-electron chi connectivity index (χ2n) is 5.05. The van der Waals surface area contributed by atoms with E-state index < -0.39 is 16.6 Å². The summed E-state index contributed by atoms with van der Waals surface area (Å²) in [6.45, 7) is -1.71. The van der Waals surface area contributed by atoms with Crippen LogP contribution in [0.25, 0.3) is 0 Å². The smallest absolute Gasteiger partial charge is 0.387 e. The molecule has 5 nitrogen and oxygen atoms in total. The van der Waals surface area contributed by atoms with E-state index in [-0.39, 0.29) is 28.1 Å². The summed E-state index contributed by atoms with van der Waals surface area (Å²) in [5.41, 5.74) is 5.58. The largest absolute Gasteiger partial charge is 0.433 e. The van der Waals surface area contributed by atoms with Crippen LogP contribution in [0.15, 0.2) is 23.1 Å². The molecule has 1 aliphatic rings. The van der Waals surface area contributed by atoms with Gasteiger partial charge in [-0.3, -0.25) is 0 Å². The number of alkyl halides is 2. The van der Waals surface area contributed by atoms with E-state index in [4.69, 9.17) is 17.3 Å². The summed E-state index contributed by atoms with van der Waals surface area (Å²) >= 11 is 5.81. The number of hydrogen-bond donors (Lipinski definition) is 1. The first-order valence-corrected chi connectivity index (χ1v) is 8.61. The van der Waals surface area contributed by atoms with Crippen LogP contribution < -0.4 is 10.5 Å². The first kappa shape index (κ1) is 20.4. The van der Waals surface area contributed by atoms with E-state index in [1.807, 2.05) is 0 Å². The van der Waals surface area contributed by atoms with E-state index in [2.05, 4.69) is 4.74 Å². The van der Waals surface area contributed by atoms with Gasteiger partial charge in [0.15, 0.2) is 0 Å². The molecule has 2 rings (SSSR count). The van der Waals surface area contributed by atoms with Gasteiger partial charge in [0.2, 0.25) is 10.0 Å². The Bertz CT molecular complexity index is 624. The van der Waals surface area contributed by atoms with Crippen LogP contribution in [0.3, 0.4) is 0 Å². The average Bonchev–Trinajstić information content (AvgIpc) is 2.49. The molecule has 0 aromatic heterocycles. The zero-order valence-corrected chi connectivity index (χ0v) is 14.5. The molecule has 1 fully saturated rings. The third kappa shape index (κ3) is 4.90. The van der Waals surface area contributed by atoms with E-state index in [9.17, 15) is 17.2 Å². The molecule has 23 heavy (non-hydrogen) atoms. The SMILES string of the molecule is Cl.NCC1CCN(S(=O)(=O)c2ccc(OC(F)F)c(Cl)c2)CC1. The minimum Gasteiger partial charge on any atom is -0.433 e. The lowest BCUT2D eigenvalue weighted by Crippen LogP contribution is -2.40. The van der Waals surface area contributed by atoms with E-state index in [0.717, 1.165) is 12.1 Å². The number of hydrogen-bond acceptors (Lipinski definition) is 4. The highest BCUT2D eigenvalue weighted by molar-refractivity contribution is 7.89. The highest BCUT2D eigenvalue weighted by Gasteiger charge is 2.29. The Morgan fingerprint density at radius 3 is 2.43 bits per heavy atom. The maximum absolute atomic E-state index is 12.5. The average molecular weight is 391 g/mol. The summed E-state index contributed by atoms with van der Waals surface area (Å²) in [6.07, 6.45) is 1.41. The minimum atomic E-state index is -3.70. The number of rotatable bonds is 5. The van der Waals surface area contributed by atoms with Gasteiger partial charge in [0.05, 0.1) is 9.92 Å². The molecule has 1 saturated heterocycles. The zero-order valence-electron chi connectivity index (χ0n) is 12.1. The Hall–Kier alpha value is -0.670. The van der Waals surface area contributed by atoms with Crippen molar-refractivity contribution in [2.75, 3.05) is 19.6 Å². The molecule has 1 aromatic carbocycles. The lowest BCUT2D eigenvalue weighted by molar-refractivity contribution is -0.0498. The molecule has 0 atom stereocenters. The zero-order chi connectivity index (χ0) is 16.3. The quantitative estimate of drug-likeness (QED) is 0.838. The Morgan fingerprint density at radius 2 is 1.96 bits per heavy atom. The third-order valence-electron chi connectivity index (χ3n) is 3.66. The molecule has 0 spiro atoms. The van der Waals surface area contributed by atoms with Crippen LogP contribution in [0.1, 0.15) is 12.8 Å². The van der Waals surface area contributed by atoms with Crippen molar-refractivity contribution in [3.8, 4) is 5.75 Å². The van der Waals surface area contributed by atoms with Gasteiger partial charge >= 0.3 is 6.61 Å². The van der Waals surface area contributed by atoms with Crippen molar-refractivity contribution in [3.05, 3.63) is 23.2 Å². The van der Waals surface area contributed by atoms with Gasteiger partial charge in [-0.25, -0.2) is 8.42 Å². The maximum atomic E-state index is 12.5. The fourth-order valence-electron chi connectivity index (χ4n) is 2.37. The van der Waals surface area contributed by atoms with Crippen LogP contribution >= 0.6 is 24.0 Å². The molecule has 0 amide bonds. The summed E-state index contributed by atoms with van der Waals surface area (Å²) < 4.78 is 54.9. The van der Waals surface area contributed by atoms with Crippen molar-refractivity contribution in [3.63, 3.8) is 0 Å². The van der Waals surface area contributed by atoms with Crippen LogP contribution in [0.2, 0.25) is 5.02 Å². The van der Waals surface area contributed by atoms with Gasteiger partial charge in [0, 0.05) is 13.1 Å². The number of nitrogens with zero attached hydrogens (tertiary/aromatic N) is 1. The van der Waals surface area contributed by atoms with Gasteiger partial charge in [-0.15, -0.1) is 12.4 Å². The summed E-state index contributed by atoms with van der Waals surface area (Å²) in [7, 11) is -3.70. The van der Waals surface area contributed by atoms with Gasteiger partial charge in [-0.2, -0.15) is 13.1 Å². The van der Waals surface area contributed by atoms with E-state index in [0.29, 0.717) is 38.4 Å². The Morgan fingerprint density at radius 1 is 1.35 bits per heavy atom. The number of piperidine rings is 1. The molecular formula is C13H18Cl2F2N2O3S. The minimum absolute atomic E-state index is 0. The predicted octanol–water partition coefficient (Wildman–Crippen LogP) is 2.72. The fourth-order valence-corrected chi connectivity index (χ4v) is 4.15. The molecule has 10 heteroatoms. The molecule has 1 heterocycles. The number of sulfonamides is 1. The van der Waals surface area contributed by atoms with Crippen LogP contribution in [-0.4, -0.2) is 39.0 Å². The summed E-state index contributed by atoms with van der Waals surface area (Å²) in [6, 6.07) is 3.48. The molecule has 0 aliphatic carbocycles. The van der Waals surface area contributed by atoms with Crippen LogP contribution in [-0.2, 0) is 10.0 Å². The topological polar surface area (TPSA) is 72.6 Å². The van der Waals surface area contributed by atoms with Crippen molar-refractivity contribution in [1.82, 2.24) is 4.31 Å². The second kappa shape index (κ2) is 8.43. The third-order valence-corrected chi connectivity index (χ3v) is 5.85. The number of nitrogens with two attached hydrogens (primary N) is 1. The van der Waals surface area contributed by atoms with Crippen molar-refractivity contribution >= 4 is 34.0 Å². The molecule has 1 aromatic rings. The lowest BCUT2D eigenvalue weighted by atomic mass is 9.99. The van der Waals surface area contributed by atoms with Crippen molar-refractivity contribution in [2.24, 2.45) is 11.7 Å². The fraction of sp³-hybridized carbons (Fsp3) is 0.538. The lowest BCUT2D eigenvalue weighted by Gasteiger charge is -2.30. The van der Waals surface area contributed by atoms with Gasteiger partial charge in [0.25, 0.3) is 0 Å². The Kier molecular flexibility index (Phi) is 7.47. The normalized spacial score (nSPS) is 17.1. The summed E-state index contributed by atoms with van der Waals surface area (Å²) in [5.74, 6) is 0.0781.